The Morgan fingerprint density at radius 3 is 2.65 bits per heavy atom. The smallest absolute Gasteiger partial charge is 0.242 e. The quantitative estimate of drug-likeness (QED) is 0.393. The van der Waals surface area contributed by atoms with E-state index in [2.05, 4.69) is 10.4 Å². The van der Waals surface area contributed by atoms with Gasteiger partial charge in [0.05, 0.1) is 11.6 Å². The molecule has 0 fully saturated rings. The predicted octanol–water partition coefficient (Wildman–Crippen LogP) is -1.22. The van der Waals surface area contributed by atoms with Crippen LogP contribution in [0.4, 0.5) is 5.82 Å². The molecule has 0 radical (unpaired) electrons. The van der Waals surface area contributed by atoms with Crippen LogP contribution in [0.15, 0.2) is 17.2 Å². The minimum atomic E-state index is -3.87. The van der Waals surface area contributed by atoms with E-state index in [1.54, 1.807) is 0 Å². The van der Waals surface area contributed by atoms with Crippen LogP contribution in [0.5, 0.6) is 0 Å². The van der Waals surface area contributed by atoms with Crippen LogP contribution in [0.2, 0.25) is 5.02 Å². The largest absolute Gasteiger partial charge is 0.369 e. The van der Waals surface area contributed by atoms with Crippen molar-refractivity contribution in [2.45, 2.75) is 4.90 Å². The molecule has 0 aliphatic rings. The molecule has 1 amide bonds. The zero-order valence-electron chi connectivity index (χ0n) is 8.47. The Kier molecular flexibility index (Phi) is 4.23. The summed E-state index contributed by atoms with van der Waals surface area (Å²) in [7, 11) is -3.87. The summed E-state index contributed by atoms with van der Waals surface area (Å²) in [6.45, 7) is -0.503. The number of rotatable bonds is 5. The number of carbonyl (C=O) groups is 1. The number of sulfonamides is 1. The highest BCUT2D eigenvalue weighted by atomic mass is 35.5. The van der Waals surface area contributed by atoms with Gasteiger partial charge < -0.3 is 11.2 Å². The van der Waals surface area contributed by atoms with E-state index in [4.69, 9.17) is 23.2 Å². The Morgan fingerprint density at radius 1 is 1.53 bits per heavy atom. The molecule has 1 heterocycles. The van der Waals surface area contributed by atoms with E-state index >= 15 is 0 Å². The lowest BCUT2D eigenvalue weighted by molar-refractivity contribution is -0.116. The fourth-order valence-electron chi connectivity index (χ4n) is 0.923. The zero-order chi connectivity index (χ0) is 13.1. The molecule has 0 bridgehead atoms. The van der Waals surface area contributed by atoms with Gasteiger partial charge in [0.2, 0.25) is 15.9 Å². The number of pyridine rings is 1. The molecule has 17 heavy (non-hydrogen) atoms. The summed E-state index contributed by atoms with van der Waals surface area (Å²) in [4.78, 5) is 14.0. The highest BCUT2D eigenvalue weighted by Gasteiger charge is 2.16. The normalized spacial score (nSPS) is 11.2. The van der Waals surface area contributed by atoms with E-state index in [0.717, 1.165) is 12.3 Å². The van der Waals surface area contributed by atoms with Crippen molar-refractivity contribution < 1.29 is 13.2 Å². The molecule has 1 aromatic heterocycles. The average molecular weight is 280 g/mol. The number of hydrazine groups is 1. The highest BCUT2D eigenvalue weighted by molar-refractivity contribution is 7.89. The number of anilines is 1. The van der Waals surface area contributed by atoms with Gasteiger partial charge in [-0.15, -0.1) is 0 Å². The maximum atomic E-state index is 11.6. The van der Waals surface area contributed by atoms with Crippen LogP contribution < -0.4 is 21.7 Å². The predicted molar refractivity (Wildman–Crippen MR) is 61.4 cm³/mol. The molecule has 1 rings (SSSR count). The van der Waals surface area contributed by atoms with Crippen LogP contribution in [-0.2, 0) is 14.8 Å². The van der Waals surface area contributed by atoms with Crippen LogP contribution in [0.25, 0.3) is 0 Å². The van der Waals surface area contributed by atoms with Crippen LogP contribution in [-0.4, -0.2) is 25.9 Å². The van der Waals surface area contributed by atoms with Gasteiger partial charge in [-0.1, -0.05) is 11.6 Å². The van der Waals surface area contributed by atoms with Crippen molar-refractivity contribution in [1.29, 1.82) is 0 Å². The molecule has 0 aliphatic carbocycles. The Labute approximate surface area is 102 Å². The maximum absolute atomic E-state index is 11.6. The van der Waals surface area contributed by atoms with Gasteiger partial charge >= 0.3 is 0 Å². The van der Waals surface area contributed by atoms with Gasteiger partial charge in [-0.05, 0) is 6.07 Å². The molecular weight excluding hydrogens is 270 g/mol. The summed E-state index contributed by atoms with van der Waals surface area (Å²) < 4.78 is 25.2. The third kappa shape index (κ3) is 3.53. The highest BCUT2D eigenvalue weighted by Crippen LogP contribution is 2.21. The number of primary amides is 1. The van der Waals surface area contributed by atoms with Crippen molar-refractivity contribution in [2.24, 2.45) is 11.6 Å². The fourth-order valence-corrected chi connectivity index (χ4v) is 2.17. The summed E-state index contributed by atoms with van der Waals surface area (Å²) in [5, 5.41) is 0.0365. The summed E-state index contributed by atoms with van der Waals surface area (Å²) in [5.41, 5.74) is 7.01. The SMILES string of the molecule is NNc1ncc(S(=O)(=O)NCC(N)=O)cc1Cl. The average Bonchev–Trinajstić information content (AvgIpc) is 2.26. The van der Waals surface area contributed by atoms with Crippen molar-refractivity contribution in [3.8, 4) is 0 Å². The van der Waals surface area contributed by atoms with E-state index in [-0.39, 0.29) is 15.7 Å². The molecule has 0 unspecified atom stereocenters. The summed E-state index contributed by atoms with van der Waals surface area (Å²) in [6.07, 6.45) is 1.05. The number of hydrogen-bond donors (Lipinski definition) is 4. The molecule has 1 aromatic rings. The summed E-state index contributed by atoms with van der Waals surface area (Å²) >= 11 is 5.71. The molecule has 94 valence electrons. The first kappa shape index (κ1) is 13.6. The van der Waals surface area contributed by atoms with Crippen molar-refractivity contribution in [2.75, 3.05) is 12.0 Å². The van der Waals surface area contributed by atoms with Crippen molar-refractivity contribution in [1.82, 2.24) is 9.71 Å². The van der Waals surface area contributed by atoms with Crippen molar-refractivity contribution in [3.63, 3.8) is 0 Å². The lowest BCUT2D eigenvalue weighted by atomic mass is 10.5. The first-order valence-electron chi connectivity index (χ1n) is 4.27. The van der Waals surface area contributed by atoms with Crippen LogP contribution in [0.1, 0.15) is 0 Å². The van der Waals surface area contributed by atoms with Gasteiger partial charge in [-0.3, -0.25) is 4.79 Å². The fraction of sp³-hybridized carbons (Fsp3) is 0.143. The molecule has 6 N–H and O–H groups in total. The number of hydrogen-bond acceptors (Lipinski definition) is 6. The Morgan fingerprint density at radius 2 is 2.18 bits per heavy atom. The summed E-state index contributed by atoms with van der Waals surface area (Å²) in [5.74, 6) is 4.43. The molecule has 0 aliphatic heterocycles. The number of nitrogens with zero attached hydrogens (tertiary/aromatic N) is 1. The molecule has 8 nitrogen and oxygen atoms in total. The van der Waals surface area contributed by atoms with E-state index in [0.29, 0.717) is 0 Å². The second kappa shape index (κ2) is 5.27. The van der Waals surface area contributed by atoms with E-state index in [1.165, 1.54) is 0 Å². The second-order valence-corrected chi connectivity index (χ2v) is 5.11. The van der Waals surface area contributed by atoms with E-state index < -0.39 is 22.5 Å². The van der Waals surface area contributed by atoms with Crippen molar-refractivity contribution in [3.05, 3.63) is 17.3 Å². The van der Waals surface area contributed by atoms with Crippen LogP contribution in [0, 0.1) is 0 Å². The Hall–Kier alpha value is -1.42. The maximum Gasteiger partial charge on any atom is 0.242 e. The first-order valence-corrected chi connectivity index (χ1v) is 6.13. The number of carbonyl (C=O) groups excluding carboxylic acids is 1. The second-order valence-electron chi connectivity index (χ2n) is 2.94. The number of nitrogens with one attached hydrogen (secondary N) is 2. The Balaban J connectivity index is 2.99. The number of nitrogen functional groups attached to an aromatic ring is 1. The lowest BCUT2D eigenvalue weighted by Gasteiger charge is -2.07. The van der Waals surface area contributed by atoms with Gasteiger partial charge in [-0.25, -0.2) is 24.0 Å². The third-order valence-corrected chi connectivity index (χ3v) is 3.36. The number of amides is 1. The number of aromatic nitrogens is 1. The van der Waals surface area contributed by atoms with Gasteiger partial charge in [-0.2, -0.15) is 0 Å². The van der Waals surface area contributed by atoms with Gasteiger partial charge in [0.25, 0.3) is 0 Å². The number of halogens is 1. The van der Waals surface area contributed by atoms with Crippen LogP contribution >= 0.6 is 11.6 Å². The van der Waals surface area contributed by atoms with E-state index in [1.807, 2.05) is 4.72 Å². The van der Waals surface area contributed by atoms with Gasteiger partial charge in [0.15, 0.2) is 5.82 Å². The van der Waals surface area contributed by atoms with E-state index in [9.17, 15) is 13.2 Å². The minimum Gasteiger partial charge on any atom is -0.369 e. The molecule has 0 aromatic carbocycles. The molecule has 0 atom stereocenters. The molecule has 0 saturated heterocycles. The molecule has 0 saturated carbocycles. The molecule has 10 heteroatoms. The third-order valence-electron chi connectivity index (χ3n) is 1.70. The standard InChI is InChI=1S/C7H10ClN5O3S/c8-5-1-4(2-11-7(5)13-10)17(15,16)12-3-6(9)14/h1-2,12H,3,10H2,(H2,9,14)(H,11,13). The lowest BCUT2D eigenvalue weighted by Crippen LogP contribution is -2.33. The topological polar surface area (TPSA) is 140 Å². The first-order chi connectivity index (χ1) is 7.86. The van der Waals surface area contributed by atoms with Crippen LogP contribution in [0.3, 0.4) is 0 Å². The molecular formula is C7H10ClN5O3S. The molecule has 0 spiro atoms. The van der Waals surface area contributed by atoms with Gasteiger partial charge in [0.1, 0.15) is 4.90 Å². The monoisotopic (exact) mass is 279 g/mol. The number of nitrogens with two attached hydrogens (primary N) is 2. The van der Waals surface area contributed by atoms with Gasteiger partial charge in [0, 0.05) is 6.20 Å². The van der Waals surface area contributed by atoms with Crippen molar-refractivity contribution >= 4 is 33.3 Å². The Bertz CT molecular complexity index is 532. The summed E-state index contributed by atoms with van der Waals surface area (Å²) in [6, 6.07) is 1.15. The zero-order valence-corrected chi connectivity index (χ0v) is 10.0. The minimum absolute atomic E-state index is 0.0365.